The molecule has 0 amide bonds. The average molecular weight is 429 g/mol. The molecule has 1 aliphatic heterocycles. The smallest absolute Gasteiger partial charge is 0.324 e. The number of pyridine rings is 1. The highest BCUT2D eigenvalue weighted by Gasteiger charge is 2.33. The Bertz CT molecular complexity index is 1070. The van der Waals surface area contributed by atoms with Crippen LogP contribution in [0.15, 0.2) is 29.6 Å². The number of methoxy groups -OCH3 is 1. The van der Waals surface area contributed by atoms with Gasteiger partial charge in [0.15, 0.2) is 10.9 Å². The molecule has 0 radical (unpaired) electrons. The third-order valence-corrected chi connectivity index (χ3v) is 5.64. The van der Waals surface area contributed by atoms with E-state index in [1.165, 1.54) is 16.4 Å². The number of thiazole rings is 1. The maximum absolute atomic E-state index is 11.6. The summed E-state index contributed by atoms with van der Waals surface area (Å²) in [4.78, 5) is 27.1. The van der Waals surface area contributed by atoms with Crippen LogP contribution in [0.1, 0.15) is 26.7 Å². The van der Waals surface area contributed by atoms with Crippen molar-refractivity contribution in [2.24, 2.45) is 0 Å². The third-order valence-electron chi connectivity index (χ3n) is 4.86. The predicted octanol–water partition coefficient (Wildman–Crippen LogP) is 4.03. The van der Waals surface area contributed by atoms with Crippen LogP contribution < -0.4 is 14.9 Å². The van der Waals surface area contributed by atoms with E-state index in [-0.39, 0.29) is 6.04 Å². The van der Waals surface area contributed by atoms with Gasteiger partial charge in [0.2, 0.25) is 0 Å². The fourth-order valence-electron chi connectivity index (χ4n) is 3.44. The van der Waals surface area contributed by atoms with Crippen molar-refractivity contribution < 1.29 is 19.5 Å². The Labute approximate surface area is 178 Å². The first kappa shape index (κ1) is 20.4. The Hall–Kier alpha value is -2.91. The first-order chi connectivity index (χ1) is 14.4. The van der Waals surface area contributed by atoms with E-state index in [1.54, 1.807) is 7.11 Å². The number of ether oxygens (including phenoxy) is 1. The highest BCUT2D eigenvalue weighted by molar-refractivity contribution is 7.14. The maximum atomic E-state index is 11.6. The minimum Gasteiger partial charge on any atom is -0.497 e. The molecule has 8 nitrogen and oxygen atoms in total. The van der Waals surface area contributed by atoms with Gasteiger partial charge in [0, 0.05) is 35.5 Å². The van der Waals surface area contributed by atoms with Crippen LogP contribution in [0.25, 0.3) is 22.3 Å². The van der Waals surface area contributed by atoms with Crippen molar-refractivity contribution in [2.45, 2.75) is 38.8 Å². The first-order valence-electron chi connectivity index (χ1n) is 9.83. The van der Waals surface area contributed by atoms with Crippen molar-refractivity contribution in [3.63, 3.8) is 0 Å². The lowest BCUT2D eigenvalue weighted by atomic mass is 10.1. The summed E-state index contributed by atoms with van der Waals surface area (Å²) in [6, 6.07) is 6.99. The van der Waals surface area contributed by atoms with E-state index in [0.29, 0.717) is 35.7 Å². The van der Waals surface area contributed by atoms with Crippen LogP contribution in [-0.2, 0) is 4.79 Å². The minimum absolute atomic E-state index is 0.278. The van der Waals surface area contributed by atoms with E-state index in [2.05, 4.69) is 24.1 Å². The van der Waals surface area contributed by atoms with E-state index in [4.69, 9.17) is 14.6 Å². The average Bonchev–Trinajstić information content (AvgIpc) is 3.36. The molecule has 2 aromatic heterocycles. The van der Waals surface area contributed by atoms with Gasteiger partial charge in [-0.1, -0.05) is 0 Å². The molecule has 4 rings (SSSR count). The quantitative estimate of drug-likeness (QED) is 0.582. The molecule has 2 N–H and O–H groups in total. The molecule has 3 heterocycles. The van der Waals surface area contributed by atoms with Crippen LogP contribution in [0.5, 0.6) is 11.5 Å². The number of carboxylic acids is 1. The number of nitrogens with zero attached hydrogens (tertiary/aromatic N) is 3. The van der Waals surface area contributed by atoms with Crippen LogP contribution >= 0.6 is 11.3 Å². The fourth-order valence-corrected chi connectivity index (χ4v) is 4.29. The normalized spacial score (nSPS) is 16.9. The molecule has 30 heavy (non-hydrogen) atoms. The molecular weight excluding hydrogens is 404 g/mol. The van der Waals surface area contributed by atoms with Crippen LogP contribution in [0.3, 0.4) is 0 Å². The summed E-state index contributed by atoms with van der Waals surface area (Å²) in [7, 11) is 1.61. The number of hydrogen-bond acceptors (Lipinski definition) is 8. The van der Waals surface area contributed by atoms with Gasteiger partial charge in [0.1, 0.15) is 17.5 Å². The number of fused-ring (bicyclic) bond motifs is 1. The second-order valence-electron chi connectivity index (χ2n) is 7.45. The highest BCUT2D eigenvalue weighted by atomic mass is 32.1. The summed E-state index contributed by atoms with van der Waals surface area (Å²) in [6.07, 6.45) is 1.34. The second kappa shape index (κ2) is 8.45. The van der Waals surface area contributed by atoms with Gasteiger partial charge in [0.05, 0.1) is 18.3 Å². The van der Waals surface area contributed by atoms with Crippen LogP contribution in [0, 0.1) is 0 Å². The molecule has 9 heteroatoms. The van der Waals surface area contributed by atoms with Crippen molar-refractivity contribution in [1.29, 1.82) is 0 Å². The second-order valence-corrected chi connectivity index (χ2v) is 8.31. The Morgan fingerprint density at radius 2 is 2.13 bits per heavy atom. The Morgan fingerprint density at radius 1 is 1.30 bits per heavy atom. The summed E-state index contributed by atoms with van der Waals surface area (Å²) >= 11 is 1.51. The fraction of sp³-hybridized carbons (Fsp3) is 0.381. The topological polar surface area (TPSA) is 96.8 Å². The van der Waals surface area contributed by atoms with Gasteiger partial charge in [-0.25, -0.2) is 9.97 Å². The summed E-state index contributed by atoms with van der Waals surface area (Å²) in [5.74, 6) is 0.358. The molecule has 1 unspecified atom stereocenters. The van der Waals surface area contributed by atoms with Crippen molar-refractivity contribution in [3.8, 4) is 22.9 Å². The van der Waals surface area contributed by atoms with Crippen LogP contribution in [0.4, 0.5) is 5.13 Å². The van der Waals surface area contributed by atoms with Crippen molar-refractivity contribution in [2.75, 3.05) is 19.0 Å². The van der Waals surface area contributed by atoms with Gasteiger partial charge in [0.25, 0.3) is 0 Å². The van der Waals surface area contributed by atoms with Crippen molar-refractivity contribution in [1.82, 2.24) is 15.0 Å². The number of benzene rings is 1. The van der Waals surface area contributed by atoms with Gasteiger partial charge in [-0.3, -0.25) is 4.79 Å². The van der Waals surface area contributed by atoms with Crippen LogP contribution in [0.2, 0.25) is 0 Å². The van der Waals surface area contributed by atoms with Crippen molar-refractivity contribution >= 4 is 33.3 Å². The molecule has 0 aliphatic carbocycles. The van der Waals surface area contributed by atoms with E-state index in [0.717, 1.165) is 22.6 Å². The zero-order valence-corrected chi connectivity index (χ0v) is 17.9. The monoisotopic (exact) mass is 428 g/mol. The number of aromatic nitrogens is 2. The summed E-state index contributed by atoms with van der Waals surface area (Å²) < 4.78 is 5.35. The first-order valence-corrected chi connectivity index (χ1v) is 10.7. The zero-order chi connectivity index (χ0) is 21.3. The van der Waals surface area contributed by atoms with E-state index in [1.807, 2.05) is 29.6 Å². The molecule has 1 aliphatic rings. The molecule has 158 valence electrons. The Morgan fingerprint density at radius 3 is 2.87 bits per heavy atom. The summed E-state index contributed by atoms with van der Waals surface area (Å²) in [5, 5.41) is 17.9. The molecule has 0 spiro atoms. The molecular formula is C21H24N4O4S. The number of rotatable bonds is 7. The lowest BCUT2D eigenvalue weighted by Gasteiger charge is -2.22. The van der Waals surface area contributed by atoms with Gasteiger partial charge < -0.3 is 20.0 Å². The maximum Gasteiger partial charge on any atom is 0.324 e. The highest BCUT2D eigenvalue weighted by Crippen LogP contribution is 2.34. The van der Waals surface area contributed by atoms with E-state index < -0.39 is 12.0 Å². The largest absolute Gasteiger partial charge is 0.497 e. The number of carbonyl (C=O) groups is 1. The lowest BCUT2D eigenvalue weighted by molar-refractivity contribution is -0.154. The molecule has 0 bridgehead atoms. The summed E-state index contributed by atoms with van der Waals surface area (Å²) in [6.45, 7) is 4.68. The lowest BCUT2D eigenvalue weighted by Crippen LogP contribution is -2.38. The van der Waals surface area contributed by atoms with E-state index >= 15 is 0 Å². The number of anilines is 1. The number of nitrogens with one attached hydrogen (secondary N) is 1. The minimum atomic E-state index is -0.878. The van der Waals surface area contributed by atoms with Gasteiger partial charge >= 0.3 is 5.97 Å². The molecule has 1 saturated heterocycles. The third kappa shape index (κ3) is 4.17. The number of carboxylic acid groups (broad SMARTS) is 1. The molecule has 1 aromatic carbocycles. The standard InChI is InChI=1S/C21H24N4O4S/c1-12(2)22-21-24-17(11-30-21)16-10-19(29-25-8-4-5-18(25)20(26)27)14-7-6-13(28-3)9-15(14)23-16/h6-7,9-12,18H,4-5,8H2,1-3H3,(H,22,24)(H,26,27). The zero-order valence-electron chi connectivity index (χ0n) is 17.1. The van der Waals surface area contributed by atoms with Gasteiger partial charge in [-0.15, -0.1) is 16.4 Å². The van der Waals surface area contributed by atoms with Gasteiger partial charge in [-0.2, -0.15) is 0 Å². The van der Waals surface area contributed by atoms with Crippen molar-refractivity contribution in [3.05, 3.63) is 29.6 Å². The Kier molecular flexibility index (Phi) is 5.74. The summed E-state index contributed by atoms with van der Waals surface area (Å²) in [5.41, 5.74) is 2.08. The van der Waals surface area contributed by atoms with E-state index in [9.17, 15) is 9.90 Å². The number of hydroxylamine groups is 2. The molecule has 1 fully saturated rings. The van der Waals surface area contributed by atoms with Gasteiger partial charge in [-0.05, 0) is 38.8 Å². The number of hydrogen-bond donors (Lipinski definition) is 2. The molecule has 0 saturated carbocycles. The molecule has 1 atom stereocenters. The predicted molar refractivity (Wildman–Crippen MR) is 116 cm³/mol. The number of aliphatic carboxylic acids is 1. The van der Waals surface area contributed by atoms with Crippen LogP contribution in [-0.4, -0.2) is 51.8 Å². The Balaban J connectivity index is 1.76. The molecule has 3 aromatic rings. The SMILES string of the molecule is COc1ccc2c(ON3CCCC3C(=O)O)cc(-c3csc(NC(C)C)n3)nc2c1.